The molecule has 2 aromatic rings. The van der Waals surface area contributed by atoms with Gasteiger partial charge < -0.3 is 10.2 Å². The van der Waals surface area contributed by atoms with E-state index in [0.717, 1.165) is 10.5 Å². The standard InChI is InChI=1S/C22H26Cl2N2O2S/c1-15(2)25-22(28)16(3)26(14-17-6-4-5-7-20(17)24)21(27)12-13-29-19-10-8-18(23)9-11-19/h4-11,15-16H,12-14H2,1-3H3,(H,25,28)/t16-/m1/s1. The van der Waals surface area contributed by atoms with Crippen LogP contribution in [-0.2, 0) is 16.1 Å². The lowest BCUT2D eigenvalue weighted by molar-refractivity contribution is -0.140. The lowest BCUT2D eigenvalue weighted by atomic mass is 10.1. The summed E-state index contributed by atoms with van der Waals surface area (Å²) in [5.41, 5.74) is 0.817. The molecule has 2 aromatic carbocycles. The number of halogens is 2. The van der Waals surface area contributed by atoms with Crippen molar-refractivity contribution in [3.63, 3.8) is 0 Å². The largest absolute Gasteiger partial charge is 0.352 e. The van der Waals surface area contributed by atoms with E-state index in [1.807, 2.05) is 56.3 Å². The number of amides is 2. The molecule has 0 aliphatic rings. The third-order valence-corrected chi connectivity index (χ3v) is 5.93. The Balaban J connectivity index is 2.07. The second kappa shape index (κ2) is 11.5. The maximum atomic E-state index is 13.0. The molecule has 29 heavy (non-hydrogen) atoms. The maximum absolute atomic E-state index is 13.0. The van der Waals surface area contributed by atoms with Crippen molar-refractivity contribution in [2.24, 2.45) is 0 Å². The predicted octanol–water partition coefficient (Wildman–Crippen LogP) is 5.42. The molecule has 0 unspecified atom stereocenters. The summed E-state index contributed by atoms with van der Waals surface area (Å²) in [6.45, 7) is 5.83. The van der Waals surface area contributed by atoms with E-state index in [4.69, 9.17) is 23.2 Å². The van der Waals surface area contributed by atoms with Crippen LogP contribution in [0.5, 0.6) is 0 Å². The first-order valence-electron chi connectivity index (χ1n) is 9.49. The number of benzene rings is 2. The van der Waals surface area contributed by atoms with Crippen molar-refractivity contribution in [2.45, 2.75) is 50.7 Å². The molecule has 0 bridgehead atoms. The van der Waals surface area contributed by atoms with E-state index in [-0.39, 0.29) is 24.4 Å². The van der Waals surface area contributed by atoms with Gasteiger partial charge in [-0.2, -0.15) is 0 Å². The molecule has 0 aromatic heterocycles. The van der Waals surface area contributed by atoms with E-state index in [9.17, 15) is 9.59 Å². The molecule has 0 spiro atoms. The van der Waals surface area contributed by atoms with Gasteiger partial charge in [-0.3, -0.25) is 9.59 Å². The number of hydrogen-bond acceptors (Lipinski definition) is 3. The Bertz CT molecular complexity index is 828. The Morgan fingerprint density at radius 2 is 1.69 bits per heavy atom. The number of thioether (sulfide) groups is 1. The van der Waals surface area contributed by atoms with E-state index in [0.29, 0.717) is 22.2 Å². The van der Waals surface area contributed by atoms with Gasteiger partial charge >= 0.3 is 0 Å². The first-order valence-corrected chi connectivity index (χ1v) is 11.2. The Morgan fingerprint density at radius 3 is 2.31 bits per heavy atom. The fourth-order valence-electron chi connectivity index (χ4n) is 2.73. The van der Waals surface area contributed by atoms with Gasteiger partial charge in [0.15, 0.2) is 0 Å². The SMILES string of the molecule is CC(C)NC(=O)[C@@H](C)N(Cc1ccccc1Cl)C(=O)CCSc1ccc(Cl)cc1. The average molecular weight is 453 g/mol. The molecular weight excluding hydrogens is 427 g/mol. The summed E-state index contributed by atoms with van der Waals surface area (Å²) in [6, 6.07) is 14.3. The third-order valence-electron chi connectivity index (χ3n) is 4.30. The average Bonchev–Trinajstić information content (AvgIpc) is 2.67. The summed E-state index contributed by atoms with van der Waals surface area (Å²) in [5, 5.41) is 4.14. The van der Waals surface area contributed by atoms with Crippen LogP contribution in [0.1, 0.15) is 32.8 Å². The monoisotopic (exact) mass is 452 g/mol. The molecule has 7 heteroatoms. The summed E-state index contributed by atoms with van der Waals surface area (Å²) in [4.78, 5) is 28.2. The van der Waals surface area contributed by atoms with Crippen LogP contribution in [-0.4, -0.2) is 34.6 Å². The van der Waals surface area contributed by atoms with Crippen LogP contribution < -0.4 is 5.32 Å². The highest BCUT2D eigenvalue weighted by molar-refractivity contribution is 7.99. The summed E-state index contributed by atoms with van der Waals surface area (Å²) in [7, 11) is 0. The summed E-state index contributed by atoms with van der Waals surface area (Å²) in [6.07, 6.45) is 0.317. The molecule has 0 saturated carbocycles. The fourth-order valence-corrected chi connectivity index (χ4v) is 3.89. The molecule has 1 N–H and O–H groups in total. The van der Waals surface area contributed by atoms with Crippen LogP contribution in [0.25, 0.3) is 0 Å². The van der Waals surface area contributed by atoms with Gasteiger partial charge in [0.2, 0.25) is 11.8 Å². The quantitative estimate of drug-likeness (QED) is 0.516. The summed E-state index contributed by atoms with van der Waals surface area (Å²) < 4.78 is 0. The Kier molecular flexibility index (Phi) is 9.34. The van der Waals surface area contributed by atoms with Gasteiger partial charge in [0.05, 0.1) is 0 Å². The van der Waals surface area contributed by atoms with Crippen molar-refractivity contribution in [1.82, 2.24) is 10.2 Å². The zero-order valence-electron chi connectivity index (χ0n) is 16.8. The highest BCUT2D eigenvalue weighted by Crippen LogP contribution is 2.23. The number of nitrogens with one attached hydrogen (secondary N) is 1. The van der Waals surface area contributed by atoms with Crippen molar-refractivity contribution in [3.05, 3.63) is 64.1 Å². The molecule has 0 heterocycles. The number of hydrogen-bond donors (Lipinski definition) is 1. The third kappa shape index (κ3) is 7.57. The van der Waals surface area contributed by atoms with E-state index in [1.165, 1.54) is 0 Å². The minimum atomic E-state index is -0.596. The van der Waals surface area contributed by atoms with Crippen molar-refractivity contribution < 1.29 is 9.59 Å². The van der Waals surface area contributed by atoms with Crippen molar-refractivity contribution >= 4 is 46.8 Å². The van der Waals surface area contributed by atoms with E-state index in [1.54, 1.807) is 29.7 Å². The Labute approximate surface area is 187 Å². The maximum Gasteiger partial charge on any atom is 0.242 e. The van der Waals surface area contributed by atoms with Crippen LogP contribution >= 0.6 is 35.0 Å². The first-order chi connectivity index (χ1) is 13.8. The molecule has 2 rings (SSSR count). The van der Waals surface area contributed by atoms with Crippen molar-refractivity contribution in [2.75, 3.05) is 5.75 Å². The van der Waals surface area contributed by atoms with E-state index >= 15 is 0 Å². The Hall–Kier alpha value is -1.69. The molecule has 4 nitrogen and oxygen atoms in total. The van der Waals surface area contributed by atoms with Gasteiger partial charge in [-0.05, 0) is 56.7 Å². The number of carbonyl (C=O) groups excluding carboxylic acids is 2. The number of rotatable bonds is 9. The van der Waals surface area contributed by atoms with Gasteiger partial charge in [0.25, 0.3) is 0 Å². The summed E-state index contributed by atoms with van der Waals surface area (Å²) >= 11 is 13.8. The van der Waals surface area contributed by atoms with Gasteiger partial charge in [0, 0.05) is 39.7 Å². The molecule has 156 valence electrons. The van der Waals surface area contributed by atoms with Gasteiger partial charge in [-0.15, -0.1) is 11.8 Å². The fraction of sp³-hybridized carbons (Fsp3) is 0.364. The zero-order chi connectivity index (χ0) is 21.4. The molecular formula is C22H26Cl2N2O2S. The van der Waals surface area contributed by atoms with Crippen molar-refractivity contribution in [1.29, 1.82) is 0 Å². The Morgan fingerprint density at radius 1 is 1.03 bits per heavy atom. The van der Waals surface area contributed by atoms with Crippen LogP contribution in [0.2, 0.25) is 10.0 Å². The van der Waals surface area contributed by atoms with Gasteiger partial charge in [-0.1, -0.05) is 41.4 Å². The molecule has 0 aliphatic carbocycles. The minimum Gasteiger partial charge on any atom is -0.352 e. The topological polar surface area (TPSA) is 49.4 Å². The number of nitrogens with zero attached hydrogens (tertiary/aromatic N) is 1. The highest BCUT2D eigenvalue weighted by Gasteiger charge is 2.26. The predicted molar refractivity (Wildman–Crippen MR) is 122 cm³/mol. The van der Waals surface area contributed by atoms with Gasteiger partial charge in [0.1, 0.15) is 6.04 Å². The van der Waals surface area contributed by atoms with Crippen molar-refractivity contribution in [3.8, 4) is 0 Å². The molecule has 2 amide bonds. The van der Waals surface area contributed by atoms with Gasteiger partial charge in [-0.25, -0.2) is 0 Å². The normalized spacial score (nSPS) is 11.9. The smallest absolute Gasteiger partial charge is 0.242 e. The molecule has 0 aliphatic heterocycles. The lowest BCUT2D eigenvalue weighted by Gasteiger charge is -2.29. The summed E-state index contributed by atoms with van der Waals surface area (Å²) in [5.74, 6) is 0.349. The molecule has 0 radical (unpaired) electrons. The second-order valence-corrected chi connectivity index (χ2v) is 9.02. The van der Waals surface area contributed by atoms with Crippen LogP contribution in [0.4, 0.5) is 0 Å². The minimum absolute atomic E-state index is 0.00248. The highest BCUT2D eigenvalue weighted by atomic mass is 35.5. The van der Waals surface area contributed by atoms with Crippen LogP contribution in [0, 0.1) is 0 Å². The van der Waals surface area contributed by atoms with Crippen LogP contribution in [0.15, 0.2) is 53.4 Å². The van der Waals surface area contributed by atoms with E-state index in [2.05, 4.69) is 5.32 Å². The van der Waals surface area contributed by atoms with Crippen LogP contribution in [0.3, 0.4) is 0 Å². The zero-order valence-corrected chi connectivity index (χ0v) is 19.2. The second-order valence-electron chi connectivity index (χ2n) is 7.00. The molecule has 0 fully saturated rings. The first kappa shape index (κ1) is 23.6. The number of carbonyl (C=O) groups is 2. The molecule has 0 saturated heterocycles. The van der Waals surface area contributed by atoms with E-state index < -0.39 is 6.04 Å². The molecule has 1 atom stereocenters. The lowest BCUT2D eigenvalue weighted by Crippen LogP contribution is -2.49.